The van der Waals surface area contributed by atoms with Crippen molar-refractivity contribution in [3.05, 3.63) is 24.0 Å². The van der Waals surface area contributed by atoms with Crippen LogP contribution in [0, 0.1) is 0 Å². The highest BCUT2D eigenvalue weighted by Gasteiger charge is 2.21. The lowest BCUT2D eigenvalue weighted by molar-refractivity contribution is -0.150. The lowest BCUT2D eigenvalue weighted by Crippen LogP contribution is -2.42. The van der Waals surface area contributed by atoms with E-state index in [1.807, 2.05) is 20.8 Å². The maximum absolute atomic E-state index is 11.1. The first-order chi connectivity index (χ1) is 8.28. The van der Waals surface area contributed by atoms with Crippen molar-refractivity contribution in [3.63, 3.8) is 0 Å². The second-order valence-electron chi connectivity index (χ2n) is 5.01. The Balaban J connectivity index is 2.63. The van der Waals surface area contributed by atoms with Crippen LogP contribution in [0.2, 0.25) is 0 Å². The van der Waals surface area contributed by atoms with Crippen LogP contribution in [0.5, 0.6) is 0 Å². The first-order valence-corrected chi connectivity index (χ1v) is 5.64. The first kappa shape index (κ1) is 14.4. The van der Waals surface area contributed by atoms with E-state index in [4.69, 9.17) is 15.7 Å². The Hall–Kier alpha value is -1.66. The number of nitrogens with zero attached hydrogens (tertiary/aromatic N) is 1. The van der Waals surface area contributed by atoms with Gasteiger partial charge in [0, 0.05) is 12.1 Å². The molecule has 1 aromatic rings. The monoisotopic (exact) mass is 253 g/mol. The summed E-state index contributed by atoms with van der Waals surface area (Å²) in [6.45, 7) is 5.50. The normalized spacial score (nSPS) is 13.3. The number of hydrogen-bond acceptors (Lipinski definition) is 5. The topological polar surface area (TPSA) is 97.5 Å². The van der Waals surface area contributed by atoms with E-state index in [0.717, 1.165) is 0 Å². The molecule has 0 spiro atoms. The van der Waals surface area contributed by atoms with Gasteiger partial charge in [-0.05, 0) is 32.9 Å². The van der Waals surface area contributed by atoms with Crippen molar-refractivity contribution < 1.29 is 14.7 Å². The van der Waals surface area contributed by atoms with Crippen molar-refractivity contribution >= 4 is 11.7 Å². The van der Waals surface area contributed by atoms with Crippen LogP contribution in [-0.2, 0) is 16.1 Å². The third-order valence-electron chi connectivity index (χ3n) is 2.07. The van der Waals surface area contributed by atoms with Gasteiger partial charge in [0.2, 0.25) is 0 Å². The predicted molar refractivity (Wildman–Crippen MR) is 67.8 cm³/mol. The molecule has 0 amide bonds. The van der Waals surface area contributed by atoms with Crippen LogP contribution in [0.1, 0.15) is 26.5 Å². The molecular weight excluding hydrogens is 234 g/mol. The van der Waals surface area contributed by atoms with Gasteiger partial charge < -0.3 is 10.8 Å². The van der Waals surface area contributed by atoms with Crippen molar-refractivity contribution in [1.29, 1.82) is 0 Å². The van der Waals surface area contributed by atoms with Crippen LogP contribution in [0.4, 0.5) is 5.69 Å². The average molecular weight is 253 g/mol. The van der Waals surface area contributed by atoms with Crippen LogP contribution in [0.25, 0.3) is 0 Å². The summed E-state index contributed by atoms with van der Waals surface area (Å²) in [5.74, 6) is -0.988. The van der Waals surface area contributed by atoms with E-state index in [9.17, 15) is 4.79 Å². The SMILES string of the molecule is CC(C)(C)ON[C@@H](Cc1ccc(N)cn1)C(=O)O. The molecule has 0 aliphatic rings. The molecule has 4 N–H and O–H groups in total. The number of hydroxylamine groups is 1. The number of aliphatic carboxylic acids is 1. The van der Waals surface area contributed by atoms with Crippen molar-refractivity contribution in [2.24, 2.45) is 0 Å². The minimum atomic E-state index is -0.988. The van der Waals surface area contributed by atoms with Gasteiger partial charge in [0.1, 0.15) is 6.04 Å². The highest BCUT2D eigenvalue weighted by Crippen LogP contribution is 2.08. The number of pyridine rings is 1. The largest absolute Gasteiger partial charge is 0.480 e. The number of nitrogens with two attached hydrogens (primary N) is 1. The van der Waals surface area contributed by atoms with Gasteiger partial charge in [-0.3, -0.25) is 14.6 Å². The molecule has 1 aromatic heterocycles. The van der Waals surface area contributed by atoms with Crippen LogP contribution >= 0.6 is 0 Å². The zero-order valence-electron chi connectivity index (χ0n) is 10.8. The Morgan fingerprint density at radius 3 is 2.67 bits per heavy atom. The highest BCUT2D eigenvalue weighted by molar-refractivity contribution is 5.73. The molecule has 0 saturated carbocycles. The van der Waals surface area contributed by atoms with Gasteiger partial charge in [-0.1, -0.05) is 0 Å². The Bertz CT molecular complexity index is 398. The van der Waals surface area contributed by atoms with E-state index in [1.54, 1.807) is 12.1 Å². The number of hydrogen-bond donors (Lipinski definition) is 3. The molecule has 0 radical (unpaired) electrons. The molecule has 0 aliphatic carbocycles. The number of carboxylic acid groups (broad SMARTS) is 1. The number of anilines is 1. The van der Waals surface area contributed by atoms with Crippen LogP contribution < -0.4 is 11.2 Å². The number of nitrogen functional groups attached to an aromatic ring is 1. The minimum Gasteiger partial charge on any atom is -0.480 e. The van der Waals surface area contributed by atoms with E-state index in [-0.39, 0.29) is 6.42 Å². The number of rotatable bonds is 5. The average Bonchev–Trinajstić information content (AvgIpc) is 2.25. The summed E-state index contributed by atoms with van der Waals surface area (Å²) in [6.07, 6.45) is 1.73. The van der Waals surface area contributed by atoms with E-state index >= 15 is 0 Å². The van der Waals surface area contributed by atoms with Gasteiger partial charge in [0.05, 0.1) is 17.5 Å². The predicted octanol–water partition coefficient (Wildman–Crippen LogP) is 0.979. The lowest BCUT2D eigenvalue weighted by Gasteiger charge is -2.22. The quantitative estimate of drug-likeness (QED) is 0.677. The molecule has 1 rings (SSSR count). The molecule has 6 heteroatoms. The van der Waals surface area contributed by atoms with Crippen LogP contribution in [0.3, 0.4) is 0 Å². The Labute approximate surface area is 106 Å². The van der Waals surface area contributed by atoms with Crippen molar-refractivity contribution in [3.8, 4) is 0 Å². The molecular formula is C12H19N3O3. The summed E-state index contributed by atoms with van der Waals surface area (Å²) < 4.78 is 0. The number of nitrogens with one attached hydrogen (secondary N) is 1. The van der Waals surface area contributed by atoms with Crippen molar-refractivity contribution in [2.45, 2.75) is 38.8 Å². The summed E-state index contributed by atoms with van der Waals surface area (Å²) in [5.41, 5.74) is 8.80. The van der Waals surface area contributed by atoms with Gasteiger partial charge in [0.15, 0.2) is 0 Å². The fourth-order valence-electron chi connectivity index (χ4n) is 1.19. The van der Waals surface area contributed by atoms with Crippen molar-refractivity contribution in [1.82, 2.24) is 10.5 Å². The van der Waals surface area contributed by atoms with E-state index in [0.29, 0.717) is 11.4 Å². The van der Waals surface area contributed by atoms with Crippen LogP contribution in [-0.4, -0.2) is 27.7 Å². The maximum Gasteiger partial charge on any atom is 0.323 e. The third kappa shape index (κ3) is 5.11. The molecule has 0 bridgehead atoms. The summed E-state index contributed by atoms with van der Waals surface area (Å²) in [4.78, 5) is 20.4. The second-order valence-corrected chi connectivity index (χ2v) is 5.01. The summed E-state index contributed by atoms with van der Waals surface area (Å²) >= 11 is 0. The maximum atomic E-state index is 11.1. The molecule has 100 valence electrons. The smallest absolute Gasteiger partial charge is 0.323 e. The molecule has 0 fully saturated rings. The molecule has 1 atom stereocenters. The Kier molecular flexibility index (Phi) is 4.63. The number of carboxylic acids is 1. The van der Waals surface area contributed by atoms with E-state index in [2.05, 4.69) is 10.5 Å². The van der Waals surface area contributed by atoms with Gasteiger partial charge in [-0.2, -0.15) is 5.48 Å². The fraction of sp³-hybridized carbons (Fsp3) is 0.500. The molecule has 0 aromatic carbocycles. The van der Waals surface area contributed by atoms with Crippen LogP contribution in [0.15, 0.2) is 18.3 Å². The highest BCUT2D eigenvalue weighted by atomic mass is 16.7. The fourth-order valence-corrected chi connectivity index (χ4v) is 1.19. The Morgan fingerprint density at radius 1 is 1.56 bits per heavy atom. The van der Waals surface area contributed by atoms with E-state index in [1.165, 1.54) is 6.20 Å². The zero-order chi connectivity index (χ0) is 13.8. The molecule has 0 aliphatic heterocycles. The molecule has 6 nitrogen and oxygen atoms in total. The first-order valence-electron chi connectivity index (χ1n) is 5.64. The lowest BCUT2D eigenvalue weighted by atomic mass is 10.1. The zero-order valence-corrected chi connectivity index (χ0v) is 10.8. The van der Waals surface area contributed by atoms with Gasteiger partial charge in [-0.25, -0.2) is 0 Å². The molecule has 18 heavy (non-hydrogen) atoms. The molecule has 0 saturated heterocycles. The summed E-state index contributed by atoms with van der Waals surface area (Å²) in [7, 11) is 0. The minimum absolute atomic E-state index is 0.228. The number of aromatic nitrogens is 1. The number of carbonyl (C=O) groups is 1. The third-order valence-corrected chi connectivity index (χ3v) is 2.07. The van der Waals surface area contributed by atoms with Gasteiger partial charge in [-0.15, -0.1) is 0 Å². The summed E-state index contributed by atoms with van der Waals surface area (Å²) in [6, 6.07) is 2.54. The second kappa shape index (κ2) is 5.79. The molecule has 0 unspecified atom stereocenters. The summed E-state index contributed by atoms with van der Waals surface area (Å²) in [5, 5.41) is 9.09. The van der Waals surface area contributed by atoms with Gasteiger partial charge >= 0.3 is 5.97 Å². The van der Waals surface area contributed by atoms with Gasteiger partial charge in [0.25, 0.3) is 0 Å². The molecule has 1 heterocycles. The van der Waals surface area contributed by atoms with Crippen molar-refractivity contribution in [2.75, 3.05) is 5.73 Å². The standard InChI is InChI=1S/C12H19N3O3/c1-12(2,3)18-15-10(11(16)17)6-9-5-4-8(13)7-14-9/h4-5,7,10,15H,6,13H2,1-3H3,(H,16,17)/t10-/m0/s1. The van der Waals surface area contributed by atoms with E-state index < -0.39 is 17.6 Å². The Morgan fingerprint density at radius 2 is 2.22 bits per heavy atom.